The molecule has 8 heteroatoms. The van der Waals surface area contributed by atoms with E-state index in [1.54, 1.807) is 0 Å². The van der Waals surface area contributed by atoms with E-state index in [-0.39, 0.29) is 6.29 Å². The fraction of sp³-hybridized carbons (Fsp3) is 0.727. The second-order valence-electron chi connectivity index (χ2n) is 3.62. The molecule has 0 aromatic heterocycles. The number of carbonyl (C=O) groups is 3. The zero-order chi connectivity index (χ0) is 15.3. The third-order valence-electron chi connectivity index (χ3n) is 2.06. The highest BCUT2D eigenvalue weighted by molar-refractivity contribution is 5.56. The van der Waals surface area contributed by atoms with Crippen molar-refractivity contribution in [1.82, 2.24) is 0 Å². The summed E-state index contributed by atoms with van der Waals surface area (Å²) in [5.74, 6) is 0. The number of rotatable bonds is 9. The lowest BCUT2D eigenvalue weighted by atomic mass is 10.0. The van der Waals surface area contributed by atoms with Gasteiger partial charge in [0.05, 0.1) is 6.61 Å². The number of aliphatic hydroxyl groups is 5. The van der Waals surface area contributed by atoms with Crippen LogP contribution in [0.4, 0.5) is 0 Å². The van der Waals surface area contributed by atoms with E-state index in [2.05, 4.69) is 0 Å². The molecule has 0 aromatic rings. The summed E-state index contributed by atoms with van der Waals surface area (Å²) >= 11 is 0. The van der Waals surface area contributed by atoms with E-state index in [0.29, 0.717) is 19.3 Å². The largest absolute Gasteiger partial charge is 0.394 e. The summed E-state index contributed by atoms with van der Waals surface area (Å²) in [7, 11) is 0. The van der Waals surface area contributed by atoms with Gasteiger partial charge in [-0.1, -0.05) is 0 Å². The topological polar surface area (TPSA) is 152 Å². The molecule has 0 radical (unpaired) electrons. The van der Waals surface area contributed by atoms with Gasteiger partial charge in [0.25, 0.3) is 0 Å². The molecule has 0 amide bonds. The molecular formula is C11H20O8. The maximum absolute atomic E-state index is 9.90. The van der Waals surface area contributed by atoms with Gasteiger partial charge >= 0.3 is 0 Å². The fourth-order valence-electron chi connectivity index (χ4n) is 0.903. The first-order valence-corrected chi connectivity index (χ1v) is 5.61. The maximum atomic E-state index is 9.90. The van der Waals surface area contributed by atoms with E-state index in [1.807, 2.05) is 0 Å². The van der Waals surface area contributed by atoms with Gasteiger partial charge in [-0.15, -0.1) is 0 Å². The van der Waals surface area contributed by atoms with Crippen LogP contribution in [0.3, 0.4) is 0 Å². The third kappa shape index (κ3) is 10.4. The van der Waals surface area contributed by atoms with Crippen molar-refractivity contribution >= 4 is 18.9 Å². The highest BCUT2D eigenvalue weighted by atomic mass is 16.4. The Bertz CT molecular complexity index is 237. The zero-order valence-corrected chi connectivity index (χ0v) is 10.3. The minimum atomic E-state index is -1.79. The molecule has 0 unspecified atom stereocenters. The van der Waals surface area contributed by atoms with Crippen LogP contribution in [-0.2, 0) is 14.4 Å². The minimum Gasteiger partial charge on any atom is -0.394 e. The first kappa shape index (κ1) is 20.1. The summed E-state index contributed by atoms with van der Waals surface area (Å²) in [6.07, 6.45) is -3.47. The van der Waals surface area contributed by atoms with Crippen molar-refractivity contribution in [3.05, 3.63) is 0 Å². The predicted octanol–water partition coefficient (Wildman–Crippen LogP) is -2.82. The summed E-state index contributed by atoms with van der Waals surface area (Å²) in [4.78, 5) is 29.0. The molecule has 0 saturated carbocycles. The number of unbranched alkanes of at least 4 members (excludes halogenated alkanes) is 2. The Labute approximate surface area is 110 Å². The van der Waals surface area contributed by atoms with Crippen LogP contribution in [0.15, 0.2) is 0 Å². The summed E-state index contributed by atoms with van der Waals surface area (Å²) in [5.41, 5.74) is 0. The van der Waals surface area contributed by atoms with Crippen molar-refractivity contribution in [1.29, 1.82) is 0 Å². The van der Waals surface area contributed by atoms with Crippen molar-refractivity contribution in [2.75, 3.05) is 6.61 Å². The summed E-state index contributed by atoms with van der Waals surface area (Å²) in [5, 5.41) is 43.5. The molecule has 19 heavy (non-hydrogen) atoms. The van der Waals surface area contributed by atoms with Crippen molar-refractivity contribution < 1.29 is 39.9 Å². The van der Waals surface area contributed by atoms with Gasteiger partial charge in [-0.3, -0.25) is 0 Å². The van der Waals surface area contributed by atoms with Crippen LogP contribution in [0.2, 0.25) is 0 Å². The van der Waals surface area contributed by atoms with E-state index in [4.69, 9.17) is 25.5 Å². The number of aliphatic hydroxyl groups excluding tert-OH is 5. The molecular weight excluding hydrogens is 260 g/mol. The number of carbonyl (C=O) groups excluding carboxylic acids is 3. The molecule has 0 fully saturated rings. The van der Waals surface area contributed by atoms with Crippen molar-refractivity contribution in [3.8, 4) is 0 Å². The van der Waals surface area contributed by atoms with Gasteiger partial charge in [0.2, 0.25) is 0 Å². The Balaban J connectivity index is 0. The quantitative estimate of drug-likeness (QED) is 0.224. The molecule has 0 aliphatic heterocycles. The van der Waals surface area contributed by atoms with Crippen molar-refractivity contribution in [2.24, 2.45) is 0 Å². The normalized spacial score (nSPS) is 16.3. The van der Waals surface area contributed by atoms with Crippen LogP contribution in [0, 0.1) is 0 Å². The van der Waals surface area contributed by atoms with Gasteiger partial charge in [0, 0.05) is 12.8 Å². The van der Waals surface area contributed by atoms with Crippen LogP contribution < -0.4 is 0 Å². The molecule has 0 heterocycles. The standard InChI is InChI=1S/C6H12O6.C5H8O2/c7-1-3(9)5(11)6(12)4(10)2-8;6-4-2-1-3-5-7/h1,3-6,8-12H,2H2;4-5H,1-3H2/t3-,4+,5+,6+;/m0./s1. The van der Waals surface area contributed by atoms with Crippen LogP contribution >= 0.6 is 0 Å². The maximum Gasteiger partial charge on any atom is 0.151 e. The lowest BCUT2D eigenvalue weighted by Gasteiger charge is -2.22. The van der Waals surface area contributed by atoms with E-state index < -0.39 is 31.0 Å². The van der Waals surface area contributed by atoms with E-state index in [0.717, 1.165) is 12.6 Å². The summed E-state index contributed by atoms with van der Waals surface area (Å²) in [6, 6.07) is 0. The Morgan fingerprint density at radius 3 is 1.63 bits per heavy atom. The van der Waals surface area contributed by atoms with Crippen molar-refractivity contribution in [2.45, 2.75) is 43.7 Å². The fourth-order valence-corrected chi connectivity index (χ4v) is 0.903. The lowest BCUT2D eigenvalue weighted by molar-refractivity contribution is -0.136. The molecule has 4 atom stereocenters. The molecule has 5 N–H and O–H groups in total. The van der Waals surface area contributed by atoms with Gasteiger partial charge in [-0.2, -0.15) is 0 Å². The van der Waals surface area contributed by atoms with Gasteiger partial charge in [-0.05, 0) is 6.42 Å². The highest BCUT2D eigenvalue weighted by Gasteiger charge is 2.29. The second kappa shape index (κ2) is 13.2. The number of hydrogen-bond acceptors (Lipinski definition) is 8. The molecule has 0 spiro atoms. The second-order valence-corrected chi connectivity index (χ2v) is 3.62. The predicted molar refractivity (Wildman–Crippen MR) is 63.2 cm³/mol. The molecule has 0 bridgehead atoms. The Kier molecular flexibility index (Phi) is 14.0. The molecule has 8 nitrogen and oxygen atoms in total. The molecule has 112 valence electrons. The number of hydrogen-bond donors (Lipinski definition) is 5. The van der Waals surface area contributed by atoms with Crippen LogP contribution in [-0.4, -0.2) is 75.4 Å². The van der Waals surface area contributed by atoms with Crippen LogP contribution in [0.25, 0.3) is 0 Å². The Morgan fingerprint density at radius 1 is 0.842 bits per heavy atom. The summed E-state index contributed by atoms with van der Waals surface area (Å²) in [6.45, 7) is -0.760. The molecule has 0 aliphatic rings. The average Bonchev–Trinajstić information content (AvgIpc) is 2.45. The lowest BCUT2D eigenvalue weighted by Crippen LogP contribution is -2.46. The van der Waals surface area contributed by atoms with Crippen molar-refractivity contribution in [3.63, 3.8) is 0 Å². The monoisotopic (exact) mass is 280 g/mol. The molecule has 0 rings (SSSR count). The minimum absolute atomic E-state index is 0.0258. The van der Waals surface area contributed by atoms with E-state index >= 15 is 0 Å². The molecule has 0 aromatic carbocycles. The van der Waals surface area contributed by atoms with Gasteiger partial charge in [0.15, 0.2) is 6.29 Å². The molecule has 0 aliphatic carbocycles. The van der Waals surface area contributed by atoms with Gasteiger partial charge in [-0.25, -0.2) is 0 Å². The van der Waals surface area contributed by atoms with E-state index in [9.17, 15) is 14.4 Å². The Hall–Kier alpha value is -1.19. The smallest absolute Gasteiger partial charge is 0.151 e. The van der Waals surface area contributed by atoms with Crippen LogP contribution in [0.5, 0.6) is 0 Å². The number of aldehydes is 3. The molecule has 0 saturated heterocycles. The summed E-state index contributed by atoms with van der Waals surface area (Å²) < 4.78 is 0. The highest BCUT2D eigenvalue weighted by Crippen LogP contribution is 2.02. The van der Waals surface area contributed by atoms with Gasteiger partial charge in [0.1, 0.15) is 37.0 Å². The Morgan fingerprint density at radius 2 is 1.32 bits per heavy atom. The first-order chi connectivity index (χ1) is 8.95. The van der Waals surface area contributed by atoms with E-state index in [1.165, 1.54) is 0 Å². The van der Waals surface area contributed by atoms with Gasteiger partial charge < -0.3 is 39.9 Å². The zero-order valence-electron chi connectivity index (χ0n) is 10.3. The van der Waals surface area contributed by atoms with Crippen LogP contribution in [0.1, 0.15) is 19.3 Å². The average molecular weight is 280 g/mol. The first-order valence-electron chi connectivity index (χ1n) is 5.61. The SMILES string of the molecule is O=CCCCC=O.O=C[C@H](O)[C@@H](O)[C@H](O)[C@H](O)CO. The third-order valence-corrected chi connectivity index (χ3v) is 2.06.